The van der Waals surface area contributed by atoms with Crippen LogP contribution in [0.5, 0.6) is 0 Å². The highest BCUT2D eigenvalue weighted by atomic mass is 19.1. The molecule has 1 aliphatic heterocycles. The molecule has 0 spiro atoms. The molecule has 130 valence electrons. The lowest BCUT2D eigenvalue weighted by Gasteiger charge is -2.37. The minimum Gasteiger partial charge on any atom is -0.346 e. The highest BCUT2D eigenvalue weighted by molar-refractivity contribution is 5.98. The zero-order chi connectivity index (χ0) is 17.4. The Balaban J connectivity index is 1.77. The normalized spacial score (nSPS) is 23.5. The van der Waals surface area contributed by atoms with E-state index in [2.05, 4.69) is 10.2 Å². The number of allylic oxidation sites excluding steroid dienone is 1. The highest BCUT2D eigenvalue weighted by Crippen LogP contribution is 2.22. The predicted molar refractivity (Wildman–Crippen MR) is 91.9 cm³/mol. The maximum absolute atomic E-state index is 14.4. The number of rotatable bonds is 3. The Hall–Kier alpha value is -1.95. The van der Waals surface area contributed by atoms with Crippen molar-refractivity contribution in [2.24, 2.45) is 7.05 Å². The monoisotopic (exact) mass is 333 g/mol. The predicted octanol–water partition coefficient (Wildman–Crippen LogP) is 1.51. The molecule has 0 aromatic carbocycles. The molecule has 1 aromatic heterocycles. The van der Waals surface area contributed by atoms with Gasteiger partial charge in [-0.1, -0.05) is 12.2 Å². The first-order chi connectivity index (χ1) is 11.4. The van der Waals surface area contributed by atoms with Gasteiger partial charge in [-0.05, 0) is 32.3 Å². The molecular formula is C18H24FN3O2. The molecule has 0 radical (unpaired) electrons. The maximum Gasteiger partial charge on any atom is 0.254 e. The minimum atomic E-state index is -1.08. The van der Waals surface area contributed by atoms with E-state index in [1.54, 1.807) is 19.3 Å². The van der Waals surface area contributed by atoms with Crippen molar-refractivity contribution in [3.63, 3.8) is 0 Å². The number of hydrogen-bond acceptors (Lipinski definition) is 3. The second-order valence-corrected chi connectivity index (χ2v) is 6.93. The fraction of sp³-hybridized carbons (Fsp3) is 0.556. The number of likely N-dealkylation sites (tertiary alicyclic amines) is 1. The van der Waals surface area contributed by atoms with E-state index < -0.39 is 12.2 Å². The largest absolute Gasteiger partial charge is 0.346 e. The van der Waals surface area contributed by atoms with Gasteiger partial charge in [0.2, 0.25) is 0 Å². The molecule has 2 aliphatic rings. The molecule has 1 saturated heterocycles. The molecule has 0 bridgehead atoms. The Bertz CT molecular complexity index is 739. The summed E-state index contributed by atoms with van der Waals surface area (Å²) in [5.74, 6) is -0.306. The van der Waals surface area contributed by atoms with Gasteiger partial charge in [0.1, 0.15) is 6.17 Å². The van der Waals surface area contributed by atoms with Crippen LogP contribution in [-0.4, -0.2) is 46.7 Å². The van der Waals surface area contributed by atoms with Gasteiger partial charge < -0.3 is 9.88 Å². The number of aromatic nitrogens is 1. The Morgan fingerprint density at radius 2 is 2.17 bits per heavy atom. The summed E-state index contributed by atoms with van der Waals surface area (Å²) in [6.45, 7) is 5.21. The van der Waals surface area contributed by atoms with Crippen LogP contribution in [0.4, 0.5) is 4.39 Å². The summed E-state index contributed by atoms with van der Waals surface area (Å²) in [6.07, 6.45) is 5.28. The van der Waals surface area contributed by atoms with Crippen molar-refractivity contribution >= 4 is 12.0 Å². The van der Waals surface area contributed by atoms with Gasteiger partial charge in [-0.25, -0.2) is 4.39 Å². The van der Waals surface area contributed by atoms with Crippen LogP contribution in [0, 0.1) is 0 Å². The fourth-order valence-electron chi connectivity index (χ4n) is 3.48. The van der Waals surface area contributed by atoms with Gasteiger partial charge in [-0.3, -0.25) is 14.5 Å². The third-order valence-electron chi connectivity index (χ3n) is 4.99. The summed E-state index contributed by atoms with van der Waals surface area (Å²) >= 11 is 0. The van der Waals surface area contributed by atoms with Crippen LogP contribution in [0.25, 0.3) is 6.08 Å². The van der Waals surface area contributed by atoms with Crippen molar-refractivity contribution in [2.75, 3.05) is 13.1 Å². The summed E-state index contributed by atoms with van der Waals surface area (Å²) < 4.78 is 15.9. The first-order valence-electron chi connectivity index (χ1n) is 8.46. The Kier molecular flexibility index (Phi) is 4.58. The Morgan fingerprint density at radius 3 is 2.83 bits per heavy atom. The first kappa shape index (κ1) is 16.9. The number of aryl methyl sites for hydroxylation is 1. The number of hydrogen-bond donors (Lipinski definition) is 1. The number of nitrogens with zero attached hydrogens (tertiary/aromatic N) is 2. The molecule has 1 fully saturated rings. The number of halogens is 1. The van der Waals surface area contributed by atoms with Crippen molar-refractivity contribution in [2.45, 2.75) is 44.9 Å². The molecule has 2 atom stereocenters. The number of fused-ring (bicyclic) bond motifs is 1. The number of carbonyl (C=O) groups is 1. The van der Waals surface area contributed by atoms with Crippen molar-refractivity contribution in [1.82, 2.24) is 14.8 Å². The number of alkyl halides is 1. The fourth-order valence-corrected chi connectivity index (χ4v) is 3.48. The highest BCUT2D eigenvalue weighted by Gasteiger charge is 2.32. The van der Waals surface area contributed by atoms with Gasteiger partial charge in [0.25, 0.3) is 11.5 Å². The Morgan fingerprint density at radius 1 is 1.42 bits per heavy atom. The molecule has 2 heterocycles. The average Bonchev–Trinajstić information content (AvgIpc) is 3.02. The standard InChI is InChI=1S/C18H24FN3O2/c1-11(2)22-8-7-16(15(19)10-22)20-17(23)14-9-21(3)18(24)13-6-4-5-12(13)14/h4-5,9,11,15-16H,6-8,10H2,1-3H3,(H,20,23)/t15-,16+/m0/s1. The zero-order valence-electron chi connectivity index (χ0n) is 14.4. The lowest BCUT2D eigenvalue weighted by molar-refractivity contribution is 0.0694. The smallest absolute Gasteiger partial charge is 0.254 e. The van der Waals surface area contributed by atoms with Crippen molar-refractivity contribution in [3.05, 3.63) is 39.3 Å². The molecular weight excluding hydrogens is 309 g/mol. The average molecular weight is 333 g/mol. The first-order valence-corrected chi connectivity index (χ1v) is 8.46. The van der Waals surface area contributed by atoms with Gasteiger partial charge in [0, 0.05) is 37.9 Å². The summed E-state index contributed by atoms with van der Waals surface area (Å²) in [5.41, 5.74) is 1.67. The number of carbonyl (C=O) groups excluding carboxylic acids is 1. The van der Waals surface area contributed by atoms with E-state index in [1.165, 1.54) is 4.57 Å². The molecule has 24 heavy (non-hydrogen) atoms. The van der Waals surface area contributed by atoms with Crippen LogP contribution in [-0.2, 0) is 13.5 Å². The third kappa shape index (κ3) is 3.02. The van der Waals surface area contributed by atoms with Crippen LogP contribution >= 0.6 is 0 Å². The second-order valence-electron chi connectivity index (χ2n) is 6.93. The second kappa shape index (κ2) is 6.51. The number of pyridine rings is 1. The SMILES string of the molecule is CC(C)N1CC[C@@H](NC(=O)c2cn(C)c(=O)c3c2C=CC3)[C@@H](F)C1. The molecule has 1 aliphatic carbocycles. The molecule has 1 N–H and O–H groups in total. The van der Waals surface area contributed by atoms with E-state index in [9.17, 15) is 14.0 Å². The van der Waals surface area contributed by atoms with E-state index in [0.29, 0.717) is 42.1 Å². The molecule has 3 rings (SSSR count). The zero-order valence-corrected chi connectivity index (χ0v) is 14.4. The number of piperidine rings is 1. The summed E-state index contributed by atoms with van der Waals surface area (Å²) in [6, 6.07) is -0.178. The number of amides is 1. The quantitative estimate of drug-likeness (QED) is 0.912. The van der Waals surface area contributed by atoms with E-state index in [4.69, 9.17) is 0 Å². The van der Waals surface area contributed by atoms with Crippen LogP contribution in [0.15, 0.2) is 17.1 Å². The van der Waals surface area contributed by atoms with Crippen LogP contribution in [0.1, 0.15) is 41.8 Å². The van der Waals surface area contributed by atoms with Crippen molar-refractivity contribution < 1.29 is 9.18 Å². The lowest BCUT2D eigenvalue weighted by atomic mass is 10.00. The van der Waals surface area contributed by atoms with Crippen LogP contribution in [0.2, 0.25) is 0 Å². The van der Waals surface area contributed by atoms with E-state index >= 15 is 0 Å². The van der Waals surface area contributed by atoms with Gasteiger partial charge in [-0.15, -0.1) is 0 Å². The molecule has 5 nitrogen and oxygen atoms in total. The number of nitrogens with one attached hydrogen (secondary N) is 1. The topological polar surface area (TPSA) is 54.3 Å². The molecule has 1 amide bonds. The lowest BCUT2D eigenvalue weighted by Crippen LogP contribution is -2.54. The van der Waals surface area contributed by atoms with Crippen molar-refractivity contribution in [1.29, 1.82) is 0 Å². The Labute approximate surface area is 141 Å². The summed E-state index contributed by atoms with van der Waals surface area (Å²) in [7, 11) is 1.64. The maximum atomic E-state index is 14.4. The molecule has 0 unspecified atom stereocenters. The molecule has 6 heteroatoms. The van der Waals surface area contributed by atoms with Crippen molar-refractivity contribution in [3.8, 4) is 0 Å². The van der Waals surface area contributed by atoms with Crippen LogP contribution in [0.3, 0.4) is 0 Å². The van der Waals surface area contributed by atoms with Gasteiger partial charge >= 0.3 is 0 Å². The molecule has 0 saturated carbocycles. The van der Waals surface area contributed by atoms with E-state index in [-0.39, 0.29) is 11.5 Å². The van der Waals surface area contributed by atoms with E-state index in [1.807, 2.05) is 19.9 Å². The summed E-state index contributed by atoms with van der Waals surface area (Å²) in [5, 5.41) is 2.83. The third-order valence-corrected chi connectivity index (χ3v) is 4.99. The molecule has 1 aromatic rings. The minimum absolute atomic E-state index is 0.0832. The van der Waals surface area contributed by atoms with Gasteiger partial charge in [-0.2, -0.15) is 0 Å². The van der Waals surface area contributed by atoms with Gasteiger partial charge in [0.05, 0.1) is 11.6 Å². The van der Waals surface area contributed by atoms with Gasteiger partial charge in [0.15, 0.2) is 0 Å². The van der Waals surface area contributed by atoms with E-state index in [0.717, 1.165) is 6.54 Å². The van der Waals surface area contributed by atoms with Crippen LogP contribution < -0.4 is 10.9 Å². The summed E-state index contributed by atoms with van der Waals surface area (Å²) in [4.78, 5) is 26.8.